The largest absolute Gasteiger partial charge is 0.351 e. The van der Waals surface area contributed by atoms with E-state index in [0.29, 0.717) is 17.5 Å². The summed E-state index contributed by atoms with van der Waals surface area (Å²) in [5.74, 6) is -0.531. The van der Waals surface area contributed by atoms with E-state index in [1.54, 1.807) is 12.1 Å². The fourth-order valence-electron chi connectivity index (χ4n) is 3.25. The molecule has 3 aromatic carbocycles. The first-order valence-corrected chi connectivity index (χ1v) is 8.87. The third-order valence-electron chi connectivity index (χ3n) is 4.62. The van der Waals surface area contributed by atoms with Crippen LogP contribution >= 0.6 is 0 Å². The van der Waals surface area contributed by atoms with Crippen LogP contribution in [0.5, 0.6) is 0 Å². The van der Waals surface area contributed by atoms with Gasteiger partial charge in [0.05, 0.1) is 6.04 Å². The molecule has 0 saturated carbocycles. The Labute approximate surface area is 156 Å². The summed E-state index contributed by atoms with van der Waals surface area (Å²) >= 11 is 0. The van der Waals surface area contributed by atoms with Crippen molar-refractivity contribution in [3.63, 3.8) is 0 Å². The van der Waals surface area contributed by atoms with E-state index in [9.17, 15) is 9.18 Å². The van der Waals surface area contributed by atoms with Crippen LogP contribution in [0.25, 0.3) is 10.9 Å². The molecule has 1 amide bonds. The molecular weight excluding hydrogens is 339 g/mol. The second kappa shape index (κ2) is 7.46. The van der Waals surface area contributed by atoms with Gasteiger partial charge in [-0.1, -0.05) is 60.7 Å². The van der Waals surface area contributed by atoms with Crippen LogP contribution in [0.4, 0.5) is 4.39 Å². The Morgan fingerprint density at radius 3 is 2.37 bits per heavy atom. The molecule has 0 unspecified atom stereocenters. The number of amides is 1. The minimum absolute atomic E-state index is 0.163. The number of H-pyrrole nitrogens is 1. The molecule has 0 spiro atoms. The molecule has 1 aromatic heterocycles. The molecule has 2 N–H and O–H groups in total. The summed E-state index contributed by atoms with van der Waals surface area (Å²) in [6.07, 6.45) is 0.686. The molecule has 4 heteroatoms. The predicted molar refractivity (Wildman–Crippen MR) is 105 cm³/mol. The maximum atomic E-state index is 13.4. The van der Waals surface area contributed by atoms with Gasteiger partial charge >= 0.3 is 0 Å². The second-order valence-corrected chi connectivity index (χ2v) is 6.54. The minimum atomic E-state index is -0.320. The first-order chi connectivity index (χ1) is 13.2. The number of carbonyl (C=O) groups is 1. The van der Waals surface area contributed by atoms with Crippen LogP contribution < -0.4 is 5.32 Å². The molecular formula is C23H19FN2O. The monoisotopic (exact) mass is 358 g/mol. The van der Waals surface area contributed by atoms with Crippen LogP contribution in [-0.4, -0.2) is 10.9 Å². The predicted octanol–water partition coefficient (Wildman–Crippen LogP) is 5.02. The van der Waals surface area contributed by atoms with Gasteiger partial charge in [-0.15, -0.1) is 0 Å². The van der Waals surface area contributed by atoms with Crippen molar-refractivity contribution in [1.29, 1.82) is 0 Å². The molecule has 0 radical (unpaired) electrons. The number of hydrogen-bond acceptors (Lipinski definition) is 1. The average Bonchev–Trinajstić information content (AvgIpc) is 3.12. The Morgan fingerprint density at radius 2 is 1.63 bits per heavy atom. The van der Waals surface area contributed by atoms with E-state index in [1.807, 2.05) is 60.7 Å². The van der Waals surface area contributed by atoms with Crippen LogP contribution in [0.2, 0.25) is 0 Å². The third-order valence-corrected chi connectivity index (χ3v) is 4.62. The highest BCUT2D eigenvalue weighted by molar-refractivity contribution is 5.98. The Bertz CT molecular complexity index is 1060. The van der Waals surface area contributed by atoms with Crippen molar-refractivity contribution in [2.45, 2.75) is 12.5 Å². The highest BCUT2D eigenvalue weighted by atomic mass is 19.1. The molecule has 3 nitrogen and oxygen atoms in total. The van der Waals surface area contributed by atoms with Gasteiger partial charge in [-0.05, 0) is 41.8 Å². The van der Waals surface area contributed by atoms with Crippen molar-refractivity contribution in [1.82, 2.24) is 10.3 Å². The quantitative estimate of drug-likeness (QED) is 0.517. The number of hydrogen-bond donors (Lipinski definition) is 2. The molecule has 0 saturated heterocycles. The summed E-state index contributed by atoms with van der Waals surface area (Å²) in [7, 11) is 0. The summed E-state index contributed by atoms with van der Waals surface area (Å²) < 4.78 is 13.4. The van der Waals surface area contributed by atoms with Gasteiger partial charge in [-0.2, -0.15) is 0 Å². The van der Waals surface area contributed by atoms with Gasteiger partial charge in [-0.3, -0.25) is 4.79 Å². The van der Waals surface area contributed by atoms with Gasteiger partial charge in [0.25, 0.3) is 5.91 Å². The van der Waals surface area contributed by atoms with Gasteiger partial charge < -0.3 is 10.3 Å². The van der Waals surface area contributed by atoms with Gasteiger partial charge in [0.1, 0.15) is 11.5 Å². The Morgan fingerprint density at radius 1 is 0.926 bits per heavy atom. The molecule has 1 atom stereocenters. The molecule has 0 bridgehead atoms. The number of carbonyl (C=O) groups excluding carboxylic acids is 1. The Balaban J connectivity index is 1.60. The Hall–Kier alpha value is -3.40. The minimum Gasteiger partial charge on any atom is -0.351 e. The van der Waals surface area contributed by atoms with Crippen LogP contribution in [0.3, 0.4) is 0 Å². The molecule has 134 valence electrons. The van der Waals surface area contributed by atoms with E-state index in [1.165, 1.54) is 12.1 Å². The summed E-state index contributed by atoms with van der Waals surface area (Å²) in [6.45, 7) is 0. The highest BCUT2D eigenvalue weighted by Gasteiger charge is 2.18. The van der Waals surface area contributed by atoms with Crippen molar-refractivity contribution in [2.24, 2.45) is 0 Å². The number of aromatic amines is 1. The standard InChI is InChI=1S/C23H19FN2O/c24-19-11-12-20-18(14-19)15-22(25-20)23(27)26-21(17-9-5-2-6-10-17)13-16-7-3-1-4-8-16/h1-12,14-15,21,25H,13H2,(H,26,27)/t21-/m0/s1. The lowest BCUT2D eigenvalue weighted by molar-refractivity contribution is 0.0932. The number of aromatic nitrogens is 1. The van der Waals surface area contributed by atoms with Crippen LogP contribution in [0, 0.1) is 5.82 Å². The van der Waals surface area contributed by atoms with Gasteiger partial charge in [0.2, 0.25) is 0 Å². The number of rotatable bonds is 5. The van der Waals surface area contributed by atoms with Gasteiger partial charge in [-0.25, -0.2) is 4.39 Å². The van der Waals surface area contributed by atoms with Crippen LogP contribution in [0.1, 0.15) is 27.7 Å². The molecule has 0 aliphatic rings. The lowest BCUT2D eigenvalue weighted by Crippen LogP contribution is -2.30. The topological polar surface area (TPSA) is 44.9 Å². The van der Waals surface area contributed by atoms with Crippen molar-refractivity contribution in [2.75, 3.05) is 0 Å². The van der Waals surface area contributed by atoms with E-state index in [2.05, 4.69) is 10.3 Å². The molecule has 27 heavy (non-hydrogen) atoms. The first-order valence-electron chi connectivity index (χ1n) is 8.87. The summed E-state index contributed by atoms with van der Waals surface area (Å²) in [5, 5.41) is 3.79. The van der Waals surface area contributed by atoms with Gasteiger partial charge in [0.15, 0.2) is 0 Å². The van der Waals surface area contributed by atoms with E-state index in [-0.39, 0.29) is 17.8 Å². The van der Waals surface area contributed by atoms with Crippen LogP contribution in [0.15, 0.2) is 84.9 Å². The normalized spacial score (nSPS) is 12.0. The molecule has 4 rings (SSSR count). The SMILES string of the molecule is O=C(N[C@@H](Cc1ccccc1)c1ccccc1)c1cc2cc(F)ccc2[nH]1. The van der Waals surface area contributed by atoms with E-state index < -0.39 is 0 Å². The van der Waals surface area contributed by atoms with Crippen molar-refractivity contribution in [3.8, 4) is 0 Å². The summed E-state index contributed by atoms with van der Waals surface area (Å²) in [5.41, 5.74) is 3.34. The highest BCUT2D eigenvalue weighted by Crippen LogP contribution is 2.21. The fourth-order valence-corrected chi connectivity index (χ4v) is 3.25. The second-order valence-electron chi connectivity index (χ2n) is 6.54. The number of fused-ring (bicyclic) bond motifs is 1. The van der Waals surface area contributed by atoms with Gasteiger partial charge in [0, 0.05) is 10.9 Å². The number of nitrogens with one attached hydrogen (secondary N) is 2. The number of halogens is 1. The van der Waals surface area contributed by atoms with Crippen molar-refractivity contribution < 1.29 is 9.18 Å². The fraction of sp³-hybridized carbons (Fsp3) is 0.0870. The maximum Gasteiger partial charge on any atom is 0.268 e. The maximum absolute atomic E-state index is 13.4. The average molecular weight is 358 g/mol. The van der Waals surface area contributed by atoms with Crippen LogP contribution in [-0.2, 0) is 6.42 Å². The zero-order chi connectivity index (χ0) is 18.6. The lowest BCUT2D eigenvalue weighted by atomic mass is 9.98. The smallest absolute Gasteiger partial charge is 0.268 e. The molecule has 0 aliphatic heterocycles. The van der Waals surface area contributed by atoms with Crippen molar-refractivity contribution in [3.05, 3.63) is 108 Å². The zero-order valence-electron chi connectivity index (χ0n) is 14.7. The lowest BCUT2D eigenvalue weighted by Gasteiger charge is -2.19. The van der Waals surface area contributed by atoms with E-state index in [4.69, 9.17) is 0 Å². The number of benzene rings is 3. The summed E-state index contributed by atoms with van der Waals surface area (Å²) in [4.78, 5) is 15.9. The zero-order valence-corrected chi connectivity index (χ0v) is 14.7. The van der Waals surface area contributed by atoms with E-state index in [0.717, 1.165) is 16.6 Å². The first kappa shape index (κ1) is 17.0. The van der Waals surface area contributed by atoms with Crippen molar-refractivity contribution >= 4 is 16.8 Å². The molecule has 1 heterocycles. The molecule has 4 aromatic rings. The molecule has 0 aliphatic carbocycles. The van der Waals surface area contributed by atoms with E-state index >= 15 is 0 Å². The third kappa shape index (κ3) is 3.90. The Kier molecular flexibility index (Phi) is 4.71. The summed E-state index contributed by atoms with van der Waals surface area (Å²) in [6, 6.07) is 25.9. The molecule has 0 fully saturated rings.